The number of nitro groups is 1. The average molecular weight is 256 g/mol. The van der Waals surface area contributed by atoms with Crippen LogP contribution in [-0.2, 0) is 0 Å². The van der Waals surface area contributed by atoms with Crippen molar-refractivity contribution >= 4 is 23.0 Å². The molecule has 6 heteroatoms. The number of hydrogen-bond acceptors (Lipinski definition) is 4. The minimum atomic E-state index is -0.428. The van der Waals surface area contributed by atoms with Crippen molar-refractivity contribution in [3.05, 3.63) is 33.3 Å². The Kier molecular flexibility index (Phi) is 3.22. The number of nitrogens with zero attached hydrogens (tertiary/aromatic N) is 1. The van der Waals surface area contributed by atoms with E-state index in [0.29, 0.717) is 17.3 Å². The molecule has 17 heavy (non-hydrogen) atoms. The third-order valence-corrected chi connectivity index (χ3v) is 3.37. The smallest absolute Gasteiger partial charge is 0.292 e. The first-order valence-electron chi connectivity index (χ1n) is 5.47. The molecule has 92 valence electrons. The lowest BCUT2D eigenvalue weighted by Crippen LogP contribution is -2.52. The van der Waals surface area contributed by atoms with Crippen LogP contribution in [0.2, 0.25) is 5.02 Å². The molecule has 3 N–H and O–H groups in total. The highest BCUT2D eigenvalue weighted by atomic mass is 35.5. The first kappa shape index (κ1) is 12.1. The standard InChI is InChI=1S/C11H14ClN3O2/c12-8-2-3-10(15(16)17)9(6-8)14-7-11(13)4-1-5-11/h2-3,6,14H,1,4-5,7,13H2. The van der Waals surface area contributed by atoms with Crippen LogP contribution in [0.1, 0.15) is 19.3 Å². The number of rotatable bonds is 4. The highest BCUT2D eigenvalue weighted by Gasteiger charge is 2.32. The van der Waals surface area contributed by atoms with Gasteiger partial charge in [-0.05, 0) is 31.4 Å². The molecule has 0 radical (unpaired) electrons. The third kappa shape index (κ3) is 2.68. The van der Waals surface area contributed by atoms with Crippen molar-refractivity contribution in [2.45, 2.75) is 24.8 Å². The van der Waals surface area contributed by atoms with Crippen LogP contribution in [0.4, 0.5) is 11.4 Å². The van der Waals surface area contributed by atoms with Gasteiger partial charge in [-0.15, -0.1) is 0 Å². The Morgan fingerprint density at radius 2 is 2.24 bits per heavy atom. The Balaban J connectivity index is 2.13. The fourth-order valence-electron chi connectivity index (χ4n) is 1.89. The minimum absolute atomic E-state index is 0.0253. The lowest BCUT2D eigenvalue weighted by atomic mass is 9.78. The molecule has 0 bridgehead atoms. The van der Waals surface area contributed by atoms with E-state index in [-0.39, 0.29) is 11.2 Å². The third-order valence-electron chi connectivity index (χ3n) is 3.14. The second kappa shape index (κ2) is 4.50. The lowest BCUT2D eigenvalue weighted by molar-refractivity contribution is -0.384. The number of benzene rings is 1. The molecule has 1 aliphatic rings. The molecule has 1 aliphatic carbocycles. The van der Waals surface area contributed by atoms with Crippen molar-refractivity contribution in [2.75, 3.05) is 11.9 Å². The summed E-state index contributed by atoms with van der Waals surface area (Å²) < 4.78 is 0. The van der Waals surface area contributed by atoms with Crippen LogP contribution in [0.5, 0.6) is 0 Å². The Morgan fingerprint density at radius 1 is 1.53 bits per heavy atom. The van der Waals surface area contributed by atoms with Crippen LogP contribution in [0.25, 0.3) is 0 Å². The fourth-order valence-corrected chi connectivity index (χ4v) is 2.06. The number of anilines is 1. The largest absolute Gasteiger partial charge is 0.378 e. The topological polar surface area (TPSA) is 81.2 Å². The molecule has 0 aliphatic heterocycles. The molecule has 1 saturated carbocycles. The Morgan fingerprint density at radius 3 is 2.76 bits per heavy atom. The van der Waals surface area contributed by atoms with E-state index >= 15 is 0 Å². The number of nitro benzene ring substituents is 1. The predicted octanol–water partition coefficient (Wildman–Crippen LogP) is 2.54. The summed E-state index contributed by atoms with van der Waals surface area (Å²) in [4.78, 5) is 10.4. The van der Waals surface area contributed by atoms with E-state index in [9.17, 15) is 10.1 Å². The van der Waals surface area contributed by atoms with Crippen molar-refractivity contribution in [3.8, 4) is 0 Å². The van der Waals surface area contributed by atoms with Gasteiger partial charge in [-0.2, -0.15) is 0 Å². The monoisotopic (exact) mass is 255 g/mol. The highest BCUT2D eigenvalue weighted by Crippen LogP contribution is 2.32. The van der Waals surface area contributed by atoms with Crippen molar-refractivity contribution in [2.24, 2.45) is 5.73 Å². The van der Waals surface area contributed by atoms with Crippen LogP contribution in [0.3, 0.4) is 0 Å². The van der Waals surface area contributed by atoms with Crippen LogP contribution in [0.15, 0.2) is 18.2 Å². The molecule has 1 aromatic carbocycles. The summed E-state index contributed by atoms with van der Waals surface area (Å²) >= 11 is 5.83. The Hall–Kier alpha value is -1.33. The Bertz CT molecular complexity index is 446. The van der Waals surface area contributed by atoms with Gasteiger partial charge in [0.1, 0.15) is 5.69 Å². The quantitative estimate of drug-likeness (QED) is 0.640. The Labute approximate surface area is 104 Å². The molecule has 5 nitrogen and oxygen atoms in total. The van der Waals surface area contributed by atoms with E-state index in [0.717, 1.165) is 19.3 Å². The summed E-state index contributed by atoms with van der Waals surface area (Å²) in [5, 5.41) is 14.3. The van der Waals surface area contributed by atoms with E-state index in [4.69, 9.17) is 17.3 Å². The van der Waals surface area contributed by atoms with E-state index in [2.05, 4.69) is 5.32 Å². The zero-order valence-electron chi connectivity index (χ0n) is 9.28. The number of nitrogens with one attached hydrogen (secondary N) is 1. The molecule has 0 saturated heterocycles. The van der Waals surface area contributed by atoms with Gasteiger partial charge < -0.3 is 11.1 Å². The van der Waals surface area contributed by atoms with Gasteiger partial charge in [0.25, 0.3) is 5.69 Å². The van der Waals surface area contributed by atoms with E-state index < -0.39 is 4.92 Å². The predicted molar refractivity (Wildman–Crippen MR) is 67.4 cm³/mol. The molecular weight excluding hydrogens is 242 g/mol. The second-order valence-corrected chi connectivity index (χ2v) is 4.92. The molecule has 0 aromatic heterocycles. The van der Waals surface area contributed by atoms with Gasteiger partial charge in [-0.1, -0.05) is 11.6 Å². The molecule has 0 amide bonds. The first-order chi connectivity index (χ1) is 8.00. The van der Waals surface area contributed by atoms with Gasteiger partial charge >= 0.3 is 0 Å². The molecule has 0 atom stereocenters. The first-order valence-corrected chi connectivity index (χ1v) is 5.85. The minimum Gasteiger partial charge on any atom is -0.378 e. The van der Waals surface area contributed by atoms with E-state index in [1.54, 1.807) is 6.07 Å². The second-order valence-electron chi connectivity index (χ2n) is 4.49. The highest BCUT2D eigenvalue weighted by molar-refractivity contribution is 6.31. The molecule has 0 unspecified atom stereocenters. The fraction of sp³-hybridized carbons (Fsp3) is 0.455. The molecule has 1 aromatic rings. The van der Waals surface area contributed by atoms with Crippen molar-refractivity contribution < 1.29 is 4.92 Å². The lowest BCUT2D eigenvalue weighted by Gasteiger charge is -2.38. The maximum atomic E-state index is 10.8. The maximum absolute atomic E-state index is 10.8. The molecule has 1 fully saturated rings. The van der Waals surface area contributed by atoms with Crippen LogP contribution in [-0.4, -0.2) is 17.0 Å². The average Bonchev–Trinajstić information content (AvgIpc) is 2.23. The summed E-state index contributed by atoms with van der Waals surface area (Å²) in [6.45, 7) is 0.536. The van der Waals surface area contributed by atoms with Crippen LogP contribution >= 0.6 is 11.6 Å². The SMILES string of the molecule is NC1(CNc2cc(Cl)ccc2[N+](=O)[O-])CCC1. The van der Waals surface area contributed by atoms with Gasteiger partial charge in [-0.3, -0.25) is 10.1 Å². The zero-order chi connectivity index (χ0) is 12.5. The molecular formula is C11H14ClN3O2. The summed E-state index contributed by atoms with van der Waals surface area (Å²) in [6.07, 6.45) is 3.03. The number of nitrogens with two attached hydrogens (primary N) is 1. The molecule has 0 spiro atoms. The zero-order valence-corrected chi connectivity index (χ0v) is 10.0. The van der Waals surface area contributed by atoms with E-state index in [1.165, 1.54) is 12.1 Å². The van der Waals surface area contributed by atoms with Gasteiger partial charge in [0.05, 0.1) is 4.92 Å². The summed E-state index contributed by atoms with van der Waals surface area (Å²) in [7, 11) is 0. The van der Waals surface area contributed by atoms with Gasteiger partial charge in [0.2, 0.25) is 0 Å². The van der Waals surface area contributed by atoms with Crippen LogP contribution in [0, 0.1) is 10.1 Å². The van der Waals surface area contributed by atoms with Crippen LogP contribution < -0.4 is 11.1 Å². The van der Waals surface area contributed by atoms with Crippen molar-refractivity contribution in [1.29, 1.82) is 0 Å². The summed E-state index contributed by atoms with van der Waals surface area (Å²) in [5.41, 5.74) is 6.28. The normalized spacial score (nSPS) is 17.3. The van der Waals surface area contributed by atoms with E-state index in [1.807, 2.05) is 0 Å². The number of halogens is 1. The van der Waals surface area contributed by atoms with Gasteiger partial charge in [0.15, 0.2) is 0 Å². The van der Waals surface area contributed by atoms with Crippen molar-refractivity contribution in [3.63, 3.8) is 0 Å². The molecule has 2 rings (SSSR count). The molecule has 0 heterocycles. The van der Waals surface area contributed by atoms with Crippen molar-refractivity contribution in [1.82, 2.24) is 0 Å². The number of hydrogen-bond donors (Lipinski definition) is 2. The van der Waals surface area contributed by atoms with Gasteiger partial charge in [0, 0.05) is 23.2 Å². The van der Waals surface area contributed by atoms with Gasteiger partial charge in [-0.25, -0.2) is 0 Å². The summed E-state index contributed by atoms with van der Waals surface area (Å²) in [6, 6.07) is 4.46. The maximum Gasteiger partial charge on any atom is 0.292 e. The summed E-state index contributed by atoms with van der Waals surface area (Å²) in [5.74, 6) is 0.